The molecule has 2 aromatic carbocycles. The van der Waals surface area contributed by atoms with Gasteiger partial charge in [-0.1, -0.05) is 41.9 Å². The third-order valence-corrected chi connectivity index (χ3v) is 6.27. The maximum absolute atomic E-state index is 13.9. The first kappa shape index (κ1) is 19.6. The zero-order valence-corrected chi connectivity index (χ0v) is 16.9. The maximum Gasteiger partial charge on any atom is 0.412 e. The third-order valence-electron chi connectivity index (χ3n) is 4.76. The smallest absolute Gasteiger partial charge is 0.412 e. The summed E-state index contributed by atoms with van der Waals surface area (Å²) in [4.78, 5) is 26.5. The van der Waals surface area contributed by atoms with Gasteiger partial charge >= 0.3 is 6.09 Å². The summed E-state index contributed by atoms with van der Waals surface area (Å²) in [5, 5.41) is 3.10. The maximum atomic E-state index is 13.9. The molecule has 1 aliphatic carbocycles. The number of ether oxygens (including phenoxy) is 1. The molecule has 0 aliphatic heterocycles. The van der Waals surface area contributed by atoms with Crippen LogP contribution in [-0.2, 0) is 24.2 Å². The molecule has 1 aliphatic rings. The van der Waals surface area contributed by atoms with E-state index < -0.39 is 11.9 Å². The lowest BCUT2D eigenvalue weighted by Crippen LogP contribution is -2.15. The van der Waals surface area contributed by atoms with Gasteiger partial charge < -0.3 is 4.74 Å². The number of ketones is 1. The number of hydrogen-bond donors (Lipinski definition) is 1. The minimum Gasteiger partial charge on any atom is -0.444 e. The predicted octanol–water partition coefficient (Wildman–Crippen LogP) is 6.01. The standard InChI is InChI=1S/C22H17ClFNO3S/c23-16-10-9-14(11-17(16)24)20(26)19-15-7-4-8-18(15)29-21(19)25-22(27)28-12-13-5-2-1-3-6-13/h1-3,5-6,9-11H,4,7-8,12H2,(H,25,27). The van der Waals surface area contributed by atoms with E-state index in [0.29, 0.717) is 10.6 Å². The molecule has 0 saturated heterocycles. The van der Waals surface area contributed by atoms with Crippen LogP contribution in [0.5, 0.6) is 0 Å². The Balaban J connectivity index is 1.57. The van der Waals surface area contributed by atoms with Gasteiger partial charge in [0, 0.05) is 10.4 Å². The van der Waals surface area contributed by atoms with E-state index in [1.807, 2.05) is 30.3 Å². The van der Waals surface area contributed by atoms with E-state index in [1.54, 1.807) is 0 Å². The Kier molecular flexibility index (Phi) is 5.65. The number of fused-ring (bicyclic) bond motifs is 1. The second-order valence-electron chi connectivity index (χ2n) is 6.71. The molecule has 0 atom stereocenters. The van der Waals surface area contributed by atoms with Gasteiger partial charge in [-0.2, -0.15) is 0 Å². The van der Waals surface area contributed by atoms with E-state index in [4.69, 9.17) is 16.3 Å². The van der Waals surface area contributed by atoms with Gasteiger partial charge in [0.25, 0.3) is 0 Å². The second-order valence-corrected chi connectivity index (χ2v) is 8.22. The fraction of sp³-hybridized carbons (Fsp3) is 0.182. The van der Waals surface area contributed by atoms with Crippen LogP contribution in [0.4, 0.5) is 14.2 Å². The Hall–Kier alpha value is -2.70. The lowest BCUT2D eigenvalue weighted by atomic mass is 10.0. The molecule has 29 heavy (non-hydrogen) atoms. The van der Waals surface area contributed by atoms with E-state index >= 15 is 0 Å². The lowest BCUT2D eigenvalue weighted by molar-refractivity contribution is 0.103. The molecular formula is C22H17ClFNO3S. The average Bonchev–Trinajstić information content (AvgIpc) is 3.29. The van der Waals surface area contributed by atoms with Gasteiger partial charge in [0.15, 0.2) is 5.78 Å². The first-order valence-corrected chi connectivity index (χ1v) is 10.3. The van der Waals surface area contributed by atoms with Crippen LogP contribution in [0.1, 0.15) is 38.3 Å². The number of thiophene rings is 1. The number of amides is 1. The van der Waals surface area contributed by atoms with Crippen molar-refractivity contribution in [3.05, 3.63) is 86.5 Å². The number of hydrogen-bond acceptors (Lipinski definition) is 4. The number of nitrogens with one attached hydrogen (secondary N) is 1. The zero-order valence-electron chi connectivity index (χ0n) is 15.3. The van der Waals surface area contributed by atoms with Crippen molar-refractivity contribution in [1.82, 2.24) is 0 Å². The molecule has 4 rings (SSSR count). The predicted molar refractivity (Wildman–Crippen MR) is 111 cm³/mol. The highest BCUT2D eigenvalue weighted by Crippen LogP contribution is 2.40. The topological polar surface area (TPSA) is 55.4 Å². The molecule has 4 nitrogen and oxygen atoms in total. The number of aryl methyl sites for hydroxylation is 1. The van der Waals surface area contributed by atoms with Gasteiger partial charge in [-0.05, 0) is 48.6 Å². The molecule has 3 aromatic rings. The molecular weight excluding hydrogens is 413 g/mol. The Morgan fingerprint density at radius 1 is 1.14 bits per heavy atom. The van der Waals surface area contributed by atoms with Gasteiger partial charge in [0.1, 0.15) is 17.4 Å². The van der Waals surface area contributed by atoms with Crippen molar-refractivity contribution < 1.29 is 18.7 Å². The summed E-state index contributed by atoms with van der Waals surface area (Å²) in [6.45, 7) is 0.128. The van der Waals surface area contributed by atoms with Crippen molar-refractivity contribution >= 4 is 39.8 Å². The Morgan fingerprint density at radius 2 is 1.93 bits per heavy atom. The molecule has 7 heteroatoms. The van der Waals surface area contributed by atoms with Gasteiger partial charge in [-0.15, -0.1) is 11.3 Å². The molecule has 0 bridgehead atoms. The third kappa shape index (κ3) is 4.18. The summed E-state index contributed by atoms with van der Waals surface area (Å²) < 4.78 is 19.1. The van der Waals surface area contributed by atoms with E-state index in [1.165, 1.54) is 23.5 Å². The van der Waals surface area contributed by atoms with Gasteiger partial charge in [0.05, 0.1) is 10.6 Å². The average molecular weight is 430 g/mol. The van der Waals surface area contributed by atoms with E-state index in [-0.39, 0.29) is 23.0 Å². The Morgan fingerprint density at radius 3 is 2.69 bits per heavy atom. The molecule has 1 amide bonds. The molecule has 0 fully saturated rings. The normalized spacial score (nSPS) is 12.5. The van der Waals surface area contributed by atoms with Gasteiger partial charge in [0.2, 0.25) is 0 Å². The van der Waals surface area contributed by atoms with Crippen molar-refractivity contribution in [3.63, 3.8) is 0 Å². The van der Waals surface area contributed by atoms with Crippen LogP contribution in [0.3, 0.4) is 0 Å². The van der Waals surface area contributed by atoms with E-state index in [0.717, 1.165) is 41.3 Å². The number of benzene rings is 2. The molecule has 148 valence electrons. The monoisotopic (exact) mass is 429 g/mol. The zero-order chi connectivity index (χ0) is 20.4. The first-order chi connectivity index (χ1) is 14.0. The highest BCUT2D eigenvalue weighted by atomic mass is 35.5. The summed E-state index contributed by atoms with van der Waals surface area (Å²) >= 11 is 7.11. The van der Waals surface area contributed by atoms with Crippen LogP contribution in [0, 0.1) is 5.82 Å². The second kappa shape index (κ2) is 8.35. The number of carbonyl (C=O) groups is 2. The van der Waals surface area contributed by atoms with Crippen LogP contribution in [0.25, 0.3) is 0 Å². The van der Waals surface area contributed by atoms with Crippen molar-refractivity contribution in [2.75, 3.05) is 5.32 Å². The van der Waals surface area contributed by atoms with Crippen LogP contribution in [0.15, 0.2) is 48.5 Å². The van der Waals surface area contributed by atoms with Crippen LogP contribution in [0.2, 0.25) is 5.02 Å². The number of rotatable bonds is 5. The highest BCUT2D eigenvalue weighted by Gasteiger charge is 2.28. The van der Waals surface area contributed by atoms with Crippen LogP contribution < -0.4 is 5.32 Å². The van der Waals surface area contributed by atoms with Crippen molar-refractivity contribution in [2.45, 2.75) is 25.9 Å². The lowest BCUT2D eigenvalue weighted by Gasteiger charge is -2.09. The molecule has 1 aromatic heterocycles. The largest absolute Gasteiger partial charge is 0.444 e. The molecule has 1 heterocycles. The van der Waals surface area contributed by atoms with Crippen molar-refractivity contribution in [2.24, 2.45) is 0 Å². The number of halogens is 2. The number of carbonyl (C=O) groups excluding carboxylic acids is 2. The Bertz CT molecular complexity index is 1080. The summed E-state index contributed by atoms with van der Waals surface area (Å²) in [6, 6.07) is 13.3. The summed E-state index contributed by atoms with van der Waals surface area (Å²) in [5.74, 6) is -0.987. The summed E-state index contributed by atoms with van der Waals surface area (Å²) in [6.07, 6.45) is 1.93. The van der Waals surface area contributed by atoms with E-state index in [9.17, 15) is 14.0 Å². The Labute approximate surface area is 176 Å². The molecule has 0 unspecified atom stereocenters. The summed E-state index contributed by atoms with van der Waals surface area (Å²) in [5.41, 5.74) is 2.40. The molecule has 0 radical (unpaired) electrons. The van der Waals surface area contributed by atoms with Gasteiger partial charge in [-0.3, -0.25) is 10.1 Å². The fourth-order valence-electron chi connectivity index (χ4n) is 3.37. The molecule has 1 N–H and O–H groups in total. The van der Waals surface area contributed by atoms with Crippen molar-refractivity contribution in [1.29, 1.82) is 0 Å². The quantitative estimate of drug-likeness (QED) is 0.505. The SMILES string of the molecule is O=C(Nc1sc2c(c1C(=O)c1ccc(Cl)c(F)c1)CCC2)OCc1ccccc1. The van der Waals surface area contributed by atoms with Crippen LogP contribution in [-0.4, -0.2) is 11.9 Å². The van der Waals surface area contributed by atoms with Crippen molar-refractivity contribution in [3.8, 4) is 0 Å². The molecule has 0 saturated carbocycles. The van der Waals surface area contributed by atoms with Gasteiger partial charge in [-0.25, -0.2) is 9.18 Å². The number of anilines is 1. The minimum atomic E-state index is -0.652. The fourth-order valence-corrected chi connectivity index (χ4v) is 4.76. The highest BCUT2D eigenvalue weighted by molar-refractivity contribution is 7.17. The minimum absolute atomic E-state index is 0.0417. The first-order valence-electron chi connectivity index (χ1n) is 9.15. The molecule has 0 spiro atoms. The van der Waals surface area contributed by atoms with Crippen LogP contribution >= 0.6 is 22.9 Å². The summed E-state index contributed by atoms with van der Waals surface area (Å²) in [7, 11) is 0. The van der Waals surface area contributed by atoms with E-state index in [2.05, 4.69) is 5.32 Å².